The normalized spacial score (nSPS) is 21.5. The number of hydrogen-bond donors (Lipinski definition) is 2. The SMILES string of the molecule is Cc1[nH]c2ccccc2c1C(=O)NC1CCC(N(CC2CC2)c2ccccc2)CC1. The van der Waals surface area contributed by atoms with Gasteiger partial charge in [-0.3, -0.25) is 4.79 Å². The molecule has 1 aromatic heterocycles. The summed E-state index contributed by atoms with van der Waals surface area (Å²) < 4.78 is 0. The summed E-state index contributed by atoms with van der Waals surface area (Å²) in [6.45, 7) is 3.17. The molecule has 156 valence electrons. The monoisotopic (exact) mass is 401 g/mol. The van der Waals surface area contributed by atoms with Gasteiger partial charge < -0.3 is 15.2 Å². The Balaban J connectivity index is 1.24. The Bertz CT molecular complexity index is 1010. The summed E-state index contributed by atoms with van der Waals surface area (Å²) in [5, 5.41) is 4.34. The fourth-order valence-electron chi connectivity index (χ4n) is 5.02. The first-order valence-electron chi connectivity index (χ1n) is 11.4. The van der Waals surface area contributed by atoms with Gasteiger partial charge in [-0.15, -0.1) is 0 Å². The molecule has 0 saturated heterocycles. The zero-order valence-corrected chi connectivity index (χ0v) is 17.7. The predicted molar refractivity (Wildman–Crippen MR) is 123 cm³/mol. The van der Waals surface area contributed by atoms with E-state index in [1.807, 2.05) is 31.2 Å². The molecule has 2 aliphatic carbocycles. The van der Waals surface area contributed by atoms with Gasteiger partial charge in [-0.25, -0.2) is 0 Å². The van der Waals surface area contributed by atoms with Gasteiger partial charge >= 0.3 is 0 Å². The molecule has 30 heavy (non-hydrogen) atoms. The van der Waals surface area contributed by atoms with Crippen LogP contribution in [0.1, 0.15) is 54.6 Å². The quantitative estimate of drug-likeness (QED) is 0.578. The van der Waals surface area contributed by atoms with Crippen LogP contribution < -0.4 is 10.2 Å². The third-order valence-corrected chi connectivity index (χ3v) is 6.83. The third-order valence-electron chi connectivity index (χ3n) is 6.83. The van der Waals surface area contributed by atoms with Crippen molar-refractivity contribution in [2.75, 3.05) is 11.4 Å². The number of nitrogens with zero attached hydrogens (tertiary/aromatic N) is 1. The molecule has 1 amide bonds. The van der Waals surface area contributed by atoms with E-state index in [2.05, 4.69) is 45.5 Å². The summed E-state index contributed by atoms with van der Waals surface area (Å²) >= 11 is 0. The van der Waals surface area contributed by atoms with Crippen molar-refractivity contribution < 1.29 is 4.79 Å². The molecule has 0 aliphatic heterocycles. The number of carbonyl (C=O) groups is 1. The molecule has 2 aliphatic rings. The highest BCUT2D eigenvalue weighted by atomic mass is 16.1. The van der Waals surface area contributed by atoms with E-state index in [-0.39, 0.29) is 11.9 Å². The zero-order valence-electron chi connectivity index (χ0n) is 17.7. The first-order chi connectivity index (χ1) is 14.7. The minimum absolute atomic E-state index is 0.0614. The largest absolute Gasteiger partial charge is 0.368 e. The van der Waals surface area contributed by atoms with Gasteiger partial charge in [0.05, 0.1) is 5.56 Å². The van der Waals surface area contributed by atoms with Crippen LogP contribution in [0.3, 0.4) is 0 Å². The number of benzene rings is 2. The molecule has 1 heterocycles. The first-order valence-corrected chi connectivity index (χ1v) is 11.4. The maximum Gasteiger partial charge on any atom is 0.253 e. The standard InChI is InChI=1S/C26H31N3O/c1-18-25(23-9-5-6-10-24(23)27-18)26(30)28-20-13-15-22(16-14-20)29(17-19-11-12-19)21-7-3-2-4-8-21/h2-10,19-20,22,27H,11-17H2,1H3,(H,28,30). The van der Waals surface area contributed by atoms with Gasteiger partial charge in [0.25, 0.3) is 5.91 Å². The number of aromatic nitrogens is 1. The fourth-order valence-corrected chi connectivity index (χ4v) is 5.02. The van der Waals surface area contributed by atoms with Gasteiger partial charge in [0, 0.05) is 40.9 Å². The maximum absolute atomic E-state index is 13.1. The number of para-hydroxylation sites is 2. The van der Waals surface area contributed by atoms with Crippen LogP contribution in [0.4, 0.5) is 5.69 Å². The second-order valence-electron chi connectivity index (χ2n) is 9.08. The number of anilines is 1. The number of aromatic amines is 1. The Kier molecular flexibility index (Phi) is 5.24. The predicted octanol–water partition coefficient (Wildman–Crippen LogP) is 5.43. The summed E-state index contributed by atoms with van der Waals surface area (Å²) in [4.78, 5) is 19.0. The molecule has 2 aromatic carbocycles. The molecule has 0 spiro atoms. The zero-order chi connectivity index (χ0) is 20.5. The highest BCUT2D eigenvalue weighted by Gasteiger charge is 2.31. The first kappa shape index (κ1) is 19.2. The number of carbonyl (C=O) groups excluding carboxylic acids is 1. The Morgan fingerprint density at radius 3 is 2.40 bits per heavy atom. The second kappa shape index (κ2) is 8.17. The molecule has 3 aromatic rings. The number of H-pyrrole nitrogens is 1. The van der Waals surface area contributed by atoms with E-state index in [0.717, 1.165) is 53.8 Å². The third kappa shape index (κ3) is 3.96. The van der Waals surface area contributed by atoms with Crippen molar-refractivity contribution >= 4 is 22.5 Å². The summed E-state index contributed by atoms with van der Waals surface area (Å²) in [5.41, 5.74) is 4.13. The highest BCUT2D eigenvalue weighted by molar-refractivity contribution is 6.08. The van der Waals surface area contributed by atoms with E-state index >= 15 is 0 Å². The number of amides is 1. The lowest BCUT2D eigenvalue weighted by Crippen LogP contribution is -2.45. The average Bonchev–Trinajstić information content (AvgIpc) is 3.53. The number of fused-ring (bicyclic) bond motifs is 1. The smallest absolute Gasteiger partial charge is 0.253 e. The summed E-state index contributed by atoms with van der Waals surface area (Å²) in [6, 6.07) is 19.8. The molecule has 0 unspecified atom stereocenters. The van der Waals surface area contributed by atoms with Crippen molar-refractivity contribution in [3.05, 3.63) is 65.9 Å². The van der Waals surface area contributed by atoms with Crippen molar-refractivity contribution in [3.63, 3.8) is 0 Å². The molecular weight excluding hydrogens is 370 g/mol. The Morgan fingerprint density at radius 1 is 0.967 bits per heavy atom. The van der Waals surface area contributed by atoms with E-state index in [4.69, 9.17) is 0 Å². The molecule has 0 radical (unpaired) electrons. The summed E-state index contributed by atoms with van der Waals surface area (Å²) in [6.07, 6.45) is 7.12. The van der Waals surface area contributed by atoms with Crippen molar-refractivity contribution in [2.24, 2.45) is 5.92 Å². The van der Waals surface area contributed by atoms with Crippen LogP contribution in [0.15, 0.2) is 54.6 Å². The van der Waals surface area contributed by atoms with Crippen LogP contribution in [0.25, 0.3) is 10.9 Å². The summed E-state index contributed by atoms with van der Waals surface area (Å²) in [7, 11) is 0. The molecule has 4 heteroatoms. The number of hydrogen-bond acceptors (Lipinski definition) is 2. The number of nitrogens with one attached hydrogen (secondary N) is 2. The van der Waals surface area contributed by atoms with Gasteiger partial charge in [0.15, 0.2) is 0 Å². The Labute approximate surface area is 178 Å². The molecular formula is C26H31N3O. The molecule has 2 N–H and O–H groups in total. The number of rotatable bonds is 6. The van der Waals surface area contributed by atoms with Gasteiger partial charge in [0.1, 0.15) is 0 Å². The number of aryl methyl sites for hydroxylation is 1. The van der Waals surface area contributed by atoms with E-state index in [1.165, 1.54) is 25.1 Å². The maximum atomic E-state index is 13.1. The van der Waals surface area contributed by atoms with Crippen molar-refractivity contribution in [3.8, 4) is 0 Å². The van der Waals surface area contributed by atoms with Crippen LogP contribution in [-0.4, -0.2) is 29.5 Å². The minimum atomic E-state index is 0.0614. The fraction of sp³-hybridized carbons (Fsp3) is 0.423. The van der Waals surface area contributed by atoms with Gasteiger partial charge in [0.2, 0.25) is 0 Å². The van der Waals surface area contributed by atoms with Crippen molar-refractivity contribution in [2.45, 2.75) is 57.5 Å². The van der Waals surface area contributed by atoms with E-state index in [9.17, 15) is 4.79 Å². The van der Waals surface area contributed by atoms with Crippen LogP contribution in [0.5, 0.6) is 0 Å². The van der Waals surface area contributed by atoms with Gasteiger partial charge in [-0.1, -0.05) is 36.4 Å². The van der Waals surface area contributed by atoms with Crippen LogP contribution in [0, 0.1) is 12.8 Å². The lowest BCUT2D eigenvalue weighted by atomic mass is 9.89. The lowest BCUT2D eigenvalue weighted by molar-refractivity contribution is 0.0926. The van der Waals surface area contributed by atoms with Gasteiger partial charge in [-0.2, -0.15) is 0 Å². The molecule has 2 saturated carbocycles. The molecule has 5 rings (SSSR count). The molecule has 4 nitrogen and oxygen atoms in total. The van der Waals surface area contributed by atoms with Crippen LogP contribution in [0.2, 0.25) is 0 Å². The molecule has 0 atom stereocenters. The van der Waals surface area contributed by atoms with E-state index in [1.54, 1.807) is 0 Å². The van der Waals surface area contributed by atoms with Crippen LogP contribution >= 0.6 is 0 Å². The average molecular weight is 402 g/mol. The van der Waals surface area contributed by atoms with E-state index < -0.39 is 0 Å². The Hall–Kier alpha value is -2.75. The van der Waals surface area contributed by atoms with Crippen LogP contribution in [-0.2, 0) is 0 Å². The highest BCUT2D eigenvalue weighted by Crippen LogP contribution is 2.35. The second-order valence-corrected chi connectivity index (χ2v) is 9.08. The topological polar surface area (TPSA) is 48.1 Å². The van der Waals surface area contributed by atoms with Gasteiger partial charge in [-0.05, 0) is 69.6 Å². The Morgan fingerprint density at radius 2 is 1.67 bits per heavy atom. The minimum Gasteiger partial charge on any atom is -0.368 e. The van der Waals surface area contributed by atoms with Crippen molar-refractivity contribution in [1.82, 2.24) is 10.3 Å². The lowest BCUT2D eigenvalue weighted by Gasteiger charge is -2.39. The summed E-state index contributed by atoms with van der Waals surface area (Å²) in [5.74, 6) is 0.929. The molecule has 0 bridgehead atoms. The van der Waals surface area contributed by atoms with Crippen molar-refractivity contribution in [1.29, 1.82) is 0 Å². The van der Waals surface area contributed by atoms with E-state index in [0.29, 0.717) is 6.04 Å². The molecule has 2 fully saturated rings.